The molecule has 2 atom stereocenters. The first-order chi connectivity index (χ1) is 13.7. The summed E-state index contributed by atoms with van der Waals surface area (Å²) in [6, 6.07) is 11.3. The number of benzene rings is 1. The lowest BCUT2D eigenvalue weighted by molar-refractivity contribution is -0.142. The number of aromatic nitrogens is 1. The zero-order valence-corrected chi connectivity index (χ0v) is 17.9. The smallest absolute Gasteiger partial charge is 0.306 e. The minimum atomic E-state index is -3.02. The monoisotopic (exact) mass is 417 g/mol. The second-order valence-electron chi connectivity index (χ2n) is 7.81. The SMILES string of the molecule is Cc1cc(C(=O)COC(=O)C[C@@H](C)c2ccccc2)c(C)n1[C@H]1CCS(=O)(=O)C1. The van der Waals surface area contributed by atoms with E-state index in [9.17, 15) is 18.0 Å². The summed E-state index contributed by atoms with van der Waals surface area (Å²) in [5.41, 5.74) is 3.10. The lowest BCUT2D eigenvalue weighted by atomic mass is 9.98. The van der Waals surface area contributed by atoms with Crippen LogP contribution in [-0.4, -0.2) is 42.9 Å². The minimum Gasteiger partial charge on any atom is -0.457 e. The van der Waals surface area contributed by atoms with Crippen molar-refractivity contribution < 1.29 is 22.7 Å². The van der Waals surface area contributed by atoms with Gasteiger partial charge in [0.1, 0.15) is 0 Å². The second-order valence-corrected chi connectivity index (χ2v) is 10.0. The number of Topliss-reactive ketones (excluding diaryl/α,β-unsaturated/α-hetero) is 1. The predicted molar refractivity (Wildman–Crippen MR) is 111 cm³/mol. The van der Waals surface area contributed by atoms with Crippen LogP contribution < -0.4 is 0 Å². The number of rotatable bonds is 7. The normalized spacial score (nSPS) is 19.1. The van der Waals surface area contributed by atoms with Gasteiger partial charge in [-0.15, -0.1) is 0 Å². The topological polar surface area (TPSA) is 82.4 Å². The van der Waals surface area contributed by atoms with Crippen molar-refractivity contribution in [1.82, 2.24) is 4.57 Å². The highest BCUT2D eigenvalue weighted by Gasteiger charge is 2.31. The number of ether oxygens (including phenoxy) is 1. The molecule has 0 bridgehead atoms. The van der Waals surface area contributed by atoms with Gasteiger partial charge in [0.15, 0.2) is 16.4 Å². The van der Waals surface area contributed by atoms with Crippen LogP contribution in [-0.2, 0) is 19.4 Å². The molecule has 0 aliphatic carbocycles. The number of aryl methyl sites for hydroxylation is 1. The zero-order valence-electron chi connectivity index (χ0n) is 17.1. The summed E-state index contributed by atoms with van der Waals surface area (Å²) in [5.74, 6) is -0.400. The molecule has 0 radical (unpaired) electrons. The van der Waals surface area contributed by atoms with E-state index in [1.54, 1.807) is 6.07 Å². The van der Waals surface area contributed by atoms with Crippen molar-refractivity contribution in [2.24, 2.45) is 0 Å². The Morgan fingerprint density at radius 3 is 2.52 bits per heavy atom. The van der Waals surface area contributed by atoms with Gasteiger partial charge >= 0.3 is 5.97 Å². The second kappa shape index (κ2) is 8.53. The van der Waals surface area contributed by atoms with Crippen LogP contribution in [0.5, 0.6) is 0 Å². The molecule has 0 N–H and O–H groups in total. The molecule has 0 amide bonds. The van der Waals surface area contributed by atoms with Crippen LogP contribution in [0.25, 0.3) is 0 Å². The number of esters is 1. The van der Waals surface area contributed by atoms with Crippen molar-refractivity contribution in [2.45, 2.75) is 45.6 Å². The lowest BCUT2D eigenvalue weighted by Crippen LogP contribution is -2.17. The Morgan fingerprint density at radius 2 is 1.90 bits per heavy atom. The largest absolute Gasteiger partial charge is 0.457 e. The maximum atomic E-state index is 12.6. The molecule has 2 aromatic rings. The standard InChI is InChI=1S/C22H27NO5S/c1-15(18-7-5-4-6-8-18)11-22(25)28-13-21(24)20-12-16(2)23(17(20)3)19-9-10-29(26,27)14-19/h4-8,12,15,19H,9-11,13-14H2,1-3H3/t15-,19+/m1/s1. The highest BCUT2D eigenvalue weighted by molar-refractivity contribution is 7.91. The summed E-state index contributed by atoms with van der Waals surface area (Å²) in [6.45, 7) is 5.31. The molecule has 1 aromatic carbocycles. The molecule has 1 saturated heterocycles. The van der Waals surface area contributed by atoms with Crippen LogP contribution in [0.3, 0.4) is 0 Å². The van der Waals surface area contributed by atoms with Crippen LogP contribution in [0.2, 0.25) is 0 Å². The Kier molecular flexibility index (Phi) is 6.27. The van der Waals surface area contributed by atoms with Gasteiger partial charge in [0.05, 0.1) is 17.9 Å². The summed E-state index contributed by atoms with van der Waals surface area (Å²) in [7, 11) is -3.02. The van der Waals surface area contributed by atoms with Gasteiger partial charge in [-0.3, -0.25) is 9.59 Å². The summed E-state index contributed by atoms with van der Waals surface area (Å²) in [5, 5.41) is 0. The third-order valence-corrected chi connectivity index (χ3v) is 7.31. The van der Waals surface area contributed by atoms with Gasteiger partial charge in [-0.2, -0.15) is 0 Å². The Bertz CT molecular complexity index is 1010. The van der Waals surface area contributed by atoms with Crippen LogP contribution in [0.15, 0.2) is 36.4 Å². The predicted octanol–water partition coefficient (Wildman–Crippen LogP) is 3.38. The summed E-state index contributed by atoms with van der Waals surface area (Å²) in [6.07, 6.45) is 0.759. The van der Waals surface area contributed by atoms with Crippen LogP contribution in [0.4, 0.5) is 0 Å². The molecule has 0 saturated carbocycles. The molecule has 0 spiro atoms. The molecule has 1 fully saturated rings. The van der Waals surface area contributed by atoms with Crippen LogP contribution >= 0.6 is 0 Å². The first-order valence-electron chi connectivity index (χ1n) is 9.80. The van der Waals surface area contributed by atoms with Gasteiger partial charge in [0.2, 0.25) is 5.78 Å². The average Bonchev–Trinajstić information content (AvgIpc) is 3.18. The number of ketones is 1. The third kappa shape index (κ3) is 4.96. The van der Waals surface area contributed by atoms with Gasteiger partial charge in [-0.25, -0.2) is 8.42 Å². The molecule has 7 heteroatoms. The molecule has 29 heavy (non-hydrogen) atoms. The van der Waals surface area contributed by atoms with Crippen LogP contribution in [0.1, 0.15) is 59.0 Å². The van der Waals surface area contributed by atoms with Gasteiger partial charge in [0, 0.05) is 23.0 Å². The number of hydrogen-bond acceptors (Lipinski definition) is 5. The molecule has 1 aliphatic rings. The maximum Gasteiger partial charge on any atom is 0.306 e. The van der Waals surface area contributed by atoms with E-state index in [-0.39, 0.29) is 42.3 Å². The number of sulfone groups is 1. The molecule has 6 nitrogen and oxygen atoms in total. The van der Waals surface area contributed by atoms with Crippen molar-refractivity contribution in [2.75, 3.05) is 18.1 Å². The molecular formula is C22H27NO5S. The summed E-state index contributed by atoms with van der Waals surface area (Å²) in [4.78, 5) is 24.8. The van der Waals surface area contributed by atoms with E-state index in [0.29, 0.717) is 12.0 Å². The van der Waals surface area contributed by atoms with E-state index in [4.69, 9.17) is 4.74 Å². The van der Waals surface area contributed by atoms with Crippen molar-refractivity contribution in [3.63, 3.8) is 0 Å². The Labute approximate surface area is 171 Å². The van der Waals surface area contributed by atoms with E-state index in [2.05, 4.69) is 0 Å². The maximum absolute atomic E-state index is 12.6. The first-order valence-corrected chi connectivity index (χ1v) is 11.6. The average molecular weight is 418 g/mol. The molecule has 0 unspecified atom stereocenters. The van der Waals surface area contributed by atoms with Crippen LogP contribution in [0, 0.1) is 13.8 Å². The third-order valence-electron chi connectivity index (χ3n) is 5.56. The zero-order chi connectivity index (χ0) is 21.2. The summed E-state index contributed by atoms with van der Waals surface area (Å²) >= 11 is 0. The van der Waals surface area contributed by atoms with Gasteiger partial charge in [-0.1, -0.05) is 37.3 Å². The molecule has 3 rings (SSSR count). The molecule has 1 aromatic heterocycles. The molecule has 156 valence electrons. The van der Waals surface area contributed by atoms with E-state index >= 15 is 0 Å². The number of nitrogens with zero attached hydrogens (tertiary/aromatic N) is 1. The Balaban J connectivity index is 1.61. The summed E-state index contributed by atoms with van der Waals surface area (Å²) < 4.78 is 30.8. The fourth-order valence-electron chi connectivity index (χ4n) is 4.03. The quantitative estimate of drug-likeness (QED) is 0.509. The highest BCUT2D eigenvalue weighted by atomic mass is 32.2. The van der Waals surface area contributed by atoms with Crippen molar-refractivity contribution in [1.29, 1.82) is 0 Å². The first kappa shape index (κ1) is 21.3. The van der Waals surface area contributed by atoms with Gasteiger partial charge in [-0.05, 0) is 37.8 Å². The van der Waals surface area contributed by atoms with E-state index in [1.165, 1.54) is 0 Å². The van der Waals surface area contributed by atoms with Crippen molar-refractivity contribution >= 4 is 21.6 Å². The van der Waals surface area contributed by atoms with Gasteiger partial charge < -0.3 is 9.30 Å². The van der Waals surface area contributed by atoms with Gasteiger partial charge in [0.25, 0.3) is 0 Å². The number of carbonyl (C=O) groups excluding carboxylic acids is 2. The van der Waals surface area contributed by atoms with E-state index in [0.717, 1.165) is 17.0 Å². The minimum absolute atomic E-state index is 0.00758. The fraction of sp³-hybridized carbons (Fsp3) is 0.455. The number of carbonyl (C=O) groups is 2. The van der Waals surface area contributed by atoms with Crippen molar-refractivity contribution in [3.8, 4) is 0 Å². The van der Waals surface area contributed by atoms with Crippen molar-refractivity contribution in [3.05, 3.63) is 58.9 Å². The molecule has 1 aliphatic heterocycles. The van der Waals surface area contributed by atoms with E-state index in [1.807, 2.05) is 55.7 Å². The lowest BCUT2D eigenvalue weighted by Gasteiger charge is -2.16. The Morgan fingerprint density at radius 1 is 1.21 bits per heavy atom. The Hall–Kier alpha value is -2.41. The number of hydrogen-bond donors (Lipinski definition) is 0. The molecular weight excluding hydrogens is 390 g/mol. The fourth-order valence-corrected chi connectivity index (χ4v) is 5.73. The molecule has 2 heterocycles. The highest BCUT2D eigenvalue weighted by Crippen LogP contribution is 2.29. The van der Waals surface area contributed by atoms with E-state index < -0.39 is 15.8 Å².